The fourth-order valence-electron chi connectivity index (χ4n) is 4.08. The van der Waals surface area contributed by atoms with Crippen molar-refractivity contribution in [3.05, 3.63) is 40.4 Å². The van der Waals surface area contributed by atoms with Crippen molar-refractivity contribution in [1.82, 2.24) is 19.4 Å². The lowest BCUT2D eigenvalue weighted by molar-refractivity contribution is -0.135. The van der Waals surface area contributed by atoms with E-state index in [1.165, 1.54) is 30.2 Å². The molecule has 6 nitrogen and oxygen atoms in total. The largest absolute Gasteiger partial charge is 0.338 e. The van der Waals surface area contributed by atoms with Crippen LogP contribution in [0.15, 0.2) is 29.3 Å². The lowest BCUT2D eigenvalue weighted by Crippen LogP contribution is -2.56. The van der Waals surface area contributed by atoms with Crippen LogP contribution >= 0.6 is 0 Å². The van der Waals surface area contributed by atoms with Crippen LogP contribution in [0.5, 0.6) is 0 Å². The van der Waals surface area contributed by atoms with E-state index in [4.69, 9.17) is 0 Å². The van der Waals surface area contributed by atoms with Gasteiger partial charge in [-0.2, -0.15) is 0 Å². The molecule has 0 spiro atoms. The number of hydrogen-bond donors (Lipinski definition) is 0. The van der Waals surface area contributed by atoms with E-state index in [1.807, 2.05) is 24.0 Å². The normalized spacial score (nSPS) is 21.3. The molecule has 1 aromatic carbocycles. The smallest absolute Gasteiger partial charge is 0.261 e. The van der Waals surface area contributed by atoms with Crippen LogP contribution in [0.25, 0.3) is 10.9 Å². The van der Waals surface area contributed by atoms with E-state index < -0.39 is 0 Å². The van der Waals surface area contributed by atoms with Crippen LogP contribution < -0.4 is 5.56 Å². The Morgan fingerprint density at radius 3 is 3.00 bits per heavy atom. The Morgan fingerprint density at radius 2 is 2.12 bits per heavy atom. The van der Waals surface area contributed by atoms with E-state index in [2.05, 4.69) is 9.88 Å². The molecule has 0 aliphatic carbocycles. The van der Waals surface area contributed by atoms with Crippen molar-refractivity contribution in [2.24, 2.45) is 0 Å². The average molecular weight is 340 g/mol. The number of nitrogens with zero attached hydrogens (tertiary/aromatic N) is 4. The maximum absolute atomic E-state index is 12.7. The second-order valence-corrected chi connectivity index (χ2v) is 7.17. The average Bonchev–Trinajstić information content (AvgIpc) is 2.64. The van der Waals surface area contributed by atoms with E-state index >= 15 is 0 Å². The summed E-state index contributed by atoms with van der Waals surface area (Å²) in [6.07, 6.45) is 5.19. The molecule has 0 bridgehead atoms. The lowest BCUT2D eigenvalue weighted by Gasteiger charge is -2.44. The molecule has 6 heteroatoms. The standard InChI is InChI=1S/C19H24N4O2/c1-14-5-4-7-16-18(14)20-13-23(19(16)25)12-17(24)22-10-9-21-8-3-2-6-15(21)11-22/h4-5,7,13,15H,2-3,6,8-12H2,1H3/t15-/m1/s1. The fraction of sp³-hybridized carbons (Fsp3) is 0.526. The molecule has 132 valence electrons. The van der Waals surface area contributed by atoms with Gasteiger partial charge in [0.15, 0.2) is 0 Å². The minimum absolute atomic E-state index is 0.0149. The van der Waals surface area contributed by atoms with Crippen LogP contribution in [0.4, 0.5) is 0 Å². The predicted molar refractivity (Wildman–Crippen MR) is 96.5 cm³/mol. The lowest BCUT2D eigenvalue weighted by atomic mass is 9.99. The van der Waals surface area contributed by atoms with E-state index in [0.717, 1.165) is 31.7 Å². The first-order valence-electron chi connectivity index (χ1n) is 9.10. The summed E-state index contributed by atoms with van der Waals surface area (Å²) in [6.45, 7) is 5.65. The number of aryl methyl sites for hydroxylation is 1. The van der Waals surface area contributed by atoms with Gasteiger partial charge in [0, 0.05) is 25.7 Å². The van der Waals surface area contributed by atoms with Crippen LogP contribution in [0.3, 0.4) is 0 Å². The molecule has 2 aliphatic rings. The highest BCUT2D eigenvalue weighted by atomic mass is 16.2. The third-order valence-corrected chi connectivity index (χ3v) is 5.55. The monoisotopic (exact) mass is 340 g/mol. The quantitative estimate of drug-likeness (QED) is 0.829. The minimum Gasteiger partial charge on any atom is -0.338 e. The zero-order chi connectivity index (χ0) is 17.4. The summed E-state index contributed by atoms with van der Waals surface area (Å²) in [6, 6.07) is 6.06. The van der Waals surface area contributed by atoms with Crippen molar-refractivity contribution in [2.75, 3.05) is 26.2 Å². The third kappa shape index (κ3) is 3.06. The Balaban J connectivity index is 1.52. The van der Waals surface area contributed by atoms with Gasteiger partial charge in [-0.1, -0.05) is 18.6 Å². The molecule has 2 aliphatic heterocycles. The topological polar surface area (TPSA) is 58.4 Å². The number of amides is 1. The zero-order valence-electron chi connectivity index (χ0n) is 14.6. The molecule has 0 radical (unpaired) electrons. The maximum atomic E-state index is 12.7. The Bertz CT molecular complexity index is 860. The molecule has 3 heterocycles. The van der Waals surface area contributed by atoms with Gasteiger partial charge >= 0.3 is 0 Å². The number of carbonyl (C=O) groups excluding carboxylic acids is 1. The first-order valence-corrected chi connectivity index (χ1v) is 9.10. The van der Waals surface area contributed by atoms with E-state index in [1.54, 1.807) is 6.07 Å². The second kappa shape index (κ2) is 6.59. The molecule has 4 rings (SSSR count). The summed E-state index contributed by atoms with van der Waals surface area (Å²) in [7, 11) is 0. The minimum atomic E-state index is -0.140. The summed E-state index contributed by atoms with van der Waals surface area (Å²) in [5, 5.41) is 0.576. The van der Waals surface area contributed by atoms with Crippen molar-refractivity contribution >= 4 is 16.8 Å². The highest BCUT2D eigenvalue weighted by Crippen LogP contribution is 2.21. The van der Waals surface area contributed by atoms with Crippen molar-refractivity contribution < 1.29 is 4.79 Å². The molecule has 0 N–H and O–H groups in total. The van der Waals surface area contributed by atoms with Crippen LogP contribution in [-0.2, 0) is 11.3 Å². The van der Waals surface area contributed by atoms with Gasteiger partial charge in [-0.3, -0.25) is 19.1 Å². The Morgan fingerprint density at radius 1 is 1.24 bits per heavy atom. The highest BCUT2D eigenvalue weighted by Gasteiger charge is 2.31. The van der Waals surface area contributed by atoms with Crippen molar-refractivity contribution in [2.45, 2.75) is 38.8 Å². The molecule has 1 aromatic heterocycles. The molecular formula is C19H24N4O2. The van der Waals surface area contributed by atoms with Gasteiger partial charge in [0.05, 0.1) is 17.2 Å². The van der Waals surface area contributed by atoms with E-state index in [0.29, 0.717) is 16.9 Å². The van der Waals surface area contributed by atoms with Gasteiger partial charge in [-0.05, 0) is 37.9 Å². The highest BCUT2D eigenvalue weighted by molar-refractivity contribution is 5.81. The number of piperazine rings is 1. The van der Waals surface area contributed by atoms with E-state index in [9.17, 15) is 9.59 Å². The summed E-state index contributed by atoms with van der Waals surface area (Å²) >= 11 is 0. The molecule has 0 saturated carbocycles. The number of piperidine rings is 1. The number of rotatable bonds is 2. The Hall–Kier alpha value is -2.21. The molecule has 2 aromatic rings. The third-order valence-electron chi connectivity index (χ3n) is 5.55. The number of fused-ring (bicyclic) bond motifs is 2. The van der Waals surface area contributed by atoms with Crippen molar-refractivity contribution in [3.63, 3.8) is 0 Å². The maximum Gasteiger partial charge on any atom is 0.261 e. The van der Waals surface area contributed by atoms with Crippen LogP contribution in [-0.4, -0.2) is 57.5 Å². The van der Waals surface area contributed by atoms with Crippen molar-refractivity contribution in [1.29, 1.82) is 0 Å². The van der Waals surface area contributed by atoms with Gasteiger partial charge in [0.1, 0.15) is 6.54 Å². The van der Waals surface area contributed by atoms with Gasteiger partial charge in [0.25, 0.3) is 5.56 Å². The van der Waals surface area contributed by atoms with Crippen LogP contribution in [0.2, 0.25) is 0 Å². The SMILES string of the molecule is Cc1cccc2c(=O)n(CC(=O)N3CCN4CCCC[C@@H]4C3)cnc12. The summed E-state index contributed by atoms with van der Waals surface area (Å²) in [4.78, 5) is 34.2. The number of para-hydroxylation sites is 1. The predicted octanol–water partition coefficient (Wildman–Crippen LogP) is 1.40. The number of aromatic nitrogens is 2. The van der Waals surface area contributed by atoms with Gasteiger partial charge < -0.3 is 4.90 Å². The molecule has 0 unspecified atom stereocenters. The summed E-state index contributed by atoms with van der Waals surface area (Å²) < 4.78 is 1.44. The Kier molecular flexibility index (Phi) is 4.29. The van der Waals surface area contributed by atoms with Gasteiger partial charge in [-0.15, -0.1) is 0 Å². The number of hydrogen-bond acceptors (Lipinski definition) is 4. The molecule has 1 amide bonds. The zero-order valence-corrected chi connectivity index (χ0v) is 14.6. The van der Waals surface area contributed by atoms with Gasteiger partial charge in [0.2, 0.25) is 5.91 Å². The Labute approximate surface area is 147 Å². The first kappa shape index (κ1) is 16.3. The summed E-state index contributed by atoms with van der Waals surface area (Å²) in [5.41, 5.74) is 1.55. The summed E-state index contributed by atoms with van der Waals surface area (Å²) in [5.74, 6) is 0.0149. The first-order chi connectivity index (χ1) is 12.1. The van der Waals surface area contributed by atoms with Gasteiger partial charge in [-0.25, -0.2) is 4.98 Å². The molecular weight excluding hydrogens is 316 g/mol. The molecule has 25 heavy (non-hydrogen) atoms. The molecule has 2 saturated heterocycles. The van der Waals surface area contributed by atoms with E-state index in [-0.39, 0.29) is 18.0 Å². The van der Waals surface area contributed by atoms with Crippen LogP contribution in [0, 0.1) is 6.92 Å². The fourth-order valence-corrected chi connectivity index (χ4v) is 4.08. The van der Waals surface area contributed by atoms with Crippen molar-refractivity contribution in [3.8, 4) is 0 Å². The molecule has 2 fully saturated rings. The number of benzene rings is 1. The number of carbonyl (C=O) groups is 1. The second-order valence-electron chi connectivity index (χ2n) is 7.17. The molecule has 1 atom stereocenters. The van der Waals surface area contributed by atoms with Crippen LogP contribution in [0.1, 0.15) is 24.8 Å².